The number of methoxy groups -OCH3 is 1. The van der Waals surface area contributed by atoms with Crippen molar-refractivity contribution >= 4 is 39.8 Å². The Morgan fingerprint density at radius 3 is 2.57 bits per heavy atom. The van der Waals surface area contributed by atoms with Gasteiger partial charge in [-0.2, -0.15) is 15.1 Å². The lowest BCUT2D eigenvalue weighted by atomic mass is 10.1. The summed E-state index contributed by atoms with van der Waals surface area (Å²) in [5.74, 6) is 0.595. The van der Waals surface area contributed by atoms with Gasteiger partial charge in [0.15, 0.2) is 17.3 Å². The smallest absolute Gasteiger partial charge is 0.283 e. The molecule has 5 rings (SSSR count). The molecule has 0 fully saturated rings. The first-order chi connectivity index (χ1) is 17.0. The number of amides is 1. The van der Waals surface area contributed by atoms with Gasteiger partial charge in [0.2, 0.25) is 5.17 Å². The minimum absolute atomic E-state index is 0.0322. The van der Waals surface area contributed by atoms with Crippen molar-refractivity contribution in [2.75, 3.05) is 7.11 Å². The van der Waals surface area contributed by atoms with Crippen molar-refractivity contribution in [1.29, 1.82) is 5.41 Å². The van der Waals surface area contributed by atoms with E-state index >= 15 is 0 Å². The summed E-state index contributed by atoms with van der Waals surface area (Å²) in [4.78, 5) is 20.9. The van der Waals surface area contributed by atoms with E-state index in [2.05, 4.69) is 15.1 Å². The molecule has 0 unspecified atom stereocenters. The molecule has 0 spiro atoms. The number of fused-ring (bicyclic) bond motifs is 1. The van der Waals surface area contributed by atoms with Gasteiger partial charge in [-0.05, 0) is 60.2 Å². The summed E-state index contributed by atoms with van der Waals surface area (Å²) in [6.07, 6.45) is 4.95. The molecule has 0 saturated heterocycles. The summed E-state index contributed by atoms with van der Waals surface area (Å²) in [5.41, 5.74) is 3.91. The van der Waals surface area contributed by atoms with Crippen LogP contribution in [0.5, 0.6) is 11.5 Å². The Kier molecular flexibility index (Phi) is 6.15. The van der Waals surface area contributed by atoms with Crippen molar-refractivity contribution < 1.29 is 14.3 Å². The minimum atomic E-state index is -0.487. The molecule has 0 atom stereocenters. The molecule has 2 aliphatic heterocycles. The second-order valence-electron chi connectivity index (χ2n) is 7.85. The number of aromatic nitrogens is 1. The summed E-state index contributed by atoms with van der Waals surface area (Å²) in [7, 11) is 1.56. The summed E-state index contributed by atoms with van der Waals surface area (Å²) in [6.45, 7) is 2.45. The molecule has 9 heteroatoms. The van der Waals surface area contributed by atoms with Crippen LogP contribution < -0.4 is 9.47 Å². The third-order valence-corrected chi connectivity index (χ3v) is 6.35. The molecular weight excluding hydrogens is 462 g/mol. The molecule has 174 valence electrons. The summed E-state index contributed by atoms with van der Waals surface area (Å²) in [6, 6.07) is 17.1. The van der Waals surface area contributed by atoms with Crippen LogP contribution in [0.1, 0.15) is 22.3 Å². The summed E-state index contributed by atoms with van der Waals surface area (Å²) in [5, 5.41) is 15.5. The number of nitrogens with zero attached hydrogens (tertiary/aromatic N) is 4. The average Bonchev–Trinajstić information content (AvgIpc) is 3.31. The van der Waals surface area contributed by atoms with E-state index in [1.54, 1.807) is 37.7 Å². The highest BCUT2D eigenvalue weighted by molar-refractivity contribution is 8.27. The van der Waals surface area contributed by atoms with Gasteiger partial charge in [-0.1, -0.05) is 35.9 Å². The standard InChI is InChI=1S/C26H21N5O3S/c1-16-3-5-17(6-4-16)15-34-21-8-7-18(14-22(21)33-2)13-20-23(27)31-26(29-24(20)32)35-25(30-31)19-9-11-28-12-10-19/h3-14,27H,15H2,1-2H3/b20-13+,27-23?. The number of rotatable bonds is 6. The van der Waals surface area contributed by atoms with Crippen LogP contribution in [0.3, 0.4) is 0 Å². The van der Waals surface area contributed by atoms with E-state index in [0.29, 0.717) is 33.9 Å². The Bertz CT molecular complexity index is 1400. The average molecular weight is 484 g/mol. The quantitative estimate of drug-likeness (QED) is 0.513. The van der Waals surface area contributed by atoms with Crippen molar-refractivity contribution in [3.63, 3.8) is 0 Å². The number of thioether (sulfide) groups is 1. The molecule has 2 aromatic carbocycles. The lowest BCUT2D eigenvalue weighted by Gasteiger charge is -2.20. The maximum absolute atomic E-state index is 12.7. The summed E-state index contributed by atoms with van der Waals surface area (Å²) >= 11 is 1.25. The van der Waals surface area contributed by atoms with Gasteiger partial charge in [0.25, 0.3) is 5.91 Å². The molecule has 2 aliphatic rings. The van der Waals surface area contributed by atoms with Crippen molar-refractivity contribution in [2.45, 2.75) is 13.5 Å². The van der Waals surface area contributed by atoms with Crippen LogP contribution in [-0.2, 0) is 11.4 Å². The van der Waals surface area contributed by atoms with E-state index < -0.39 is 5.91 Å². The molecule has 0 saturated carbocycles. The number of carbonyl (C=O) groups is 1. The predicted molar refractivity (Wildman–Crippen MR) is 137 cm³/mol. The van der Waals surface area contributed by atoms with Gasteiger partial charge in [0, 0.05) is 18.0 Å². The zero-order valence-electron chi connectivity index (χ0n) is 19.1. The number of ether oxygens (including phenoxy) is 2. The fourth-order valence-electron chi connectivity index (χ4n) is 3.51. The molecule has 0 radical (unpaired) electrons. The first-order valence-corrected chi connectivity index (χ1v) is 11.6. The number of aliphatic imine (C=N–C) groups is 1. The topological polar surface area (TPSA) is 100 Å². The molecule has 0 aliphatic carbocycles. The molecular formula is C26H21N5O3S. The number of pyridine rings is 1. The Labute approximate surface area is 206 Å². The third-order valence-electron chi connectivity index (χ3n) is 5.40. The zero-order valence-corrected chi connectivity index (χ0v) is 19.9. The maximum atomic E-state index is 12.7. The van der Waals surface area contributed by atoms with Gasteiger partial charge in [0.1, 0.15) is 11.7 Å². The van der Waals surface area contributed by atoms with Crippen LogP contribution in [0.25, 0.3) is 6.08 Å². The van der Waals surface area contributed by atoms with E-state index in [1.807, 2.05) is 49.4 Å². The first kappa shape index (κ1) is 22.5. The Hall–Kier alpha value is -4.24. The molecule has 8 nitrogen and oxygen atoms in total. The first-order valence-electron chi connectivity index (χ1n) is 10.8. The Balaban J connectivity index is 1.37. The highest BCUT2D eigenvalue weighted by Gasteiger charge is 2.36. The monoisotopic (exact) mass is 483 g/mol. The number of benzene rings is 2. The van der Waals surface area contributed by atoms with Crippen LogP contribution in [0.4, 0.5) is 0 Å². The van der Waals surface area contributed by atoms with Crippen LogP contribution in [0.2, 0.25) is 0 Å². The molecule has 3 aromatic rings. The van der Waals surface area contributed by atoms with Gasteiger partial charge in [0.05, 0.1) is 12.7 Å². The second kappa shape index (κ2) is 9.55. The van der Waals surface area contributed by atoms with Crippen LogP contribution in [0.15, 0.2) is 82.7 Å². The summed E-state index contributed by atoms with van der Waals surface area (Å²) < 4.78 is 11.4. The van der Waals surface area contributed by atoms with E-state index in [9.17, 15) is 4.79 Å². The van der Waals surface area contributed by atoms with Gasteiger partial charge in [-0.25, -0.2) is 0 Å². The number of nitrogens with one attached hydrogen (secondary N) is 1. The van der Waals surface area contributed by atoms with E-state index in [-0.39, 0.29) is 11.4 Å². The normalized spacial score (nSPS) is 16.2. The zero-order chi connectivity index (χ0) is 24.4. The predicted octanol–water partition coefficient (Wildman–Crippen LogP) is 4.65. The minimum Gasteiger partial charge on any atom is -0.493 e. The molecule has 1 aromatic heterocycles. The van der Waals surface area contributed by atoms with Crippen molar-refractivity contribution in [3.05, 3.63) is 94.8 Å². The second-order valence-corrected chi connectivity index (χ2v) is 8.80. The van der Waals surface area contributed by atoms with Gasteiger partial charge in [-0.15, -0.1) is 0 Å². The van der Waals surface area contributed by atoms with Crippen molar-refractivity contribution in [2.24, 2.45) is 10.1 Å². The van der Waals surface area contributed by atoms with Crippen molar-refractivity contribution in [3.8, 4) is 11.5 Å². The SMILES string of the molecule is COc1cc(/C=C2\C(=N)N3N=C(c4ccncc4)SC3=NC2=O)ccc1OCc1ccc(C)cc1. The van der Waals surface area contributed by atoms with E-state index in [1.165, 1.54) is 22.3 Å². The number of hydrogen-bond donors (Lipinski definition) is 1. The third kappa shape index (κ3) is 4.71. The molecule has 0 bridgehead atoms. The lowest BCUT2D eigenvalue weighted by molar-refractivity contribution is -0.114. The highest BCUT2D eigenvalue weighted by Crippen LogP contribution is 2.33. The van der Waals surface area contributed by atoms with Gasteiger partial charge >= 0.3 is 0 Å². The Morgan fingerprint density at radius 1 is 1.06 bits per heavy atom. The number of aryl methyl sites for hydroxylation is 1. The number of amidine groups is 2. The van der Waals surface area contributed by atoms with E-state index in [0.717, 1.165) is 11.1 Å². The lowest BCUT2D eigenvalue weighted by Crippen LogP contribution is -2.35. The van der Waals surface area contributed by atoms with Crippen LogP contribution >= 0.6 is 11.8 Å². The highest BCUT2D eigenvalue weighted by atomic mass is 32.2. The molecule has 1 N–H and O–H groups in total. The molecule has 35 heavy (non-hydrogen) atoms. The van der Waals surface area contributed by atoms with Crippen LogP contribution in [0, 0.1) is 12.3 Å². The van der Waals surface area contributed by atoms with Crippen molar-refractivity contribution in [1.82, 2.24) is 9.99 Å². The number of hydrazone groups is 1. The molecule has 3 heterocycles. The fraction of sp³-hybridized carbons (Fsp3) is 0.115. The maximum Gasteiger partial charge on any atom is 0.283 e. The molecule has 1 amide bonds. The number of hydrogen-bond acceptors (Lipinski definition) is 7. The number of carbonyl (C=O) groups excluding carboxylic acids is 1. The van der Waals surface area contributed by atoms with Gasteiger partial charge in [-0.3, -0.25) is 15.2 Å². The fourth-order valence-corrected chi connectivity index (χ4v) is 4.40. The largest absolute Gasteiger partial charge is 0.493 e. The Morgan fingerprint density at radius 2 is 1.83 bits per heavy atom. The van der Waals surface area contributed by atoms with Crippen LogP contribution in [-0.4, -0.2) is 39.1 Å². The van der Waals surface area contributed by atoms with Gasteiger partial charge < -0.3 is 9.47 Å². The van der Waals surface area contributed by atoms with E-state index in [4.69, 9.17) is 14.9 Å².